The summed E-state index contributed by atoms with van der Waals surface area (Å²) in [5, 5.41) is 2.77. The van der Waals surface area contributed by atoms with Gasteiger partial charge in [0.15, 0.2) is 0 Å². The second kappa shape index (κ2) is 6.70. The molecular formula is C14H17BrN2O2. The predicted octanol–water partition coefficient (Wildman–Crippen LogP) is 1.73. The molecule has 1 saturated heterocycles. The van der Waals surface area contributed by atoms with Gasteiger partial charge in [-0.05, 0) is 30.5 Å². The molecule has 0 spiro atoms. The maximum absolute atomic E-state index is 12.1. The smallest absolute Gasteiger partial charge is 0.239 e. The third-order valence-corrected chi connectivity index (χ3v) is 3.62. The zero-order valence-electron chi connectivity index (χ0n) is 10.7. The lowest BCUT2D eigenvalue weighted by molar-refractivity contribution is -0.135. The molecule has 1 aliphatic heterocycles. The van der Waals surface area contributed by atoms with Gasteiger partial charge in [-0.3, -0.25) is 9.59 Å². The van der Waals surface area contributed by atoms with Crippen molar-refractivity contribution in [1.82, 2.24) is 10.2 Å². The van der Waals surface area contributed by atoms with E-state index in [0.717, 1.165) is 16.5 Å². The van der Waals surface area contributed by atoms with Crippen LogP contribution >= 0.6 is 15.9 Å². The van der Waals surface area contributed by atoms with Crippen LogP contribution in [-0.2, 0) is 16.0 Å². The topological polar surface area (TPSA) is 49.4 Å². The van der Waals surface area contributed by atoms with Crippen molar-refractivity contribution in [3.8, 4) is 0 Å². The van der Waals surface area contributed by atoms with Crippen molar-refractivity contribution >= 4 is 27.7 Å². The van der Waals surface area contributed by atoms with E-state index >= 15 is 0 Å². The van der Waals surface area contributed by atoms with Crippen molar-refractivity contribution in [2.75, 3.05) is 19.6 Å². The number of nitrogens with one attached hydrogen (secondary N) is 1. The molecule has 0 aliphatic carbocycles. The Morgan fingerprint density at radius 1 is 1.42 bits per heavy atom. The summed E-state index contributed by atoms with van der Waals surface area (Å²) in [5.74, 6) is -0.00895. The molecule has 5 heteroatoms. The monoisotopic (exact) mass is 324 g/mol. The Hall–Kier alpha value is -1.36. The fourth-order valence-electron chi connectivity index (χ4n) is 2.12. The van der Waals surface area contributed by atoms with E-state index in [9.17, 15) is 9.59 Å². The molecule has 1 aromatic carbocycles. The van der Waals surface area contributed by atoms with Crippen molar-refractivity contribution in [3.63, 3.8) is 0 Å². The van der Waals surface area contributed by atoms with Gasteiger partial charge in [-0.2, -0.15) is 0 Å². The summed E-state index contributed by atoms with van der Waals surface area (Å²) in [5.41, 5.74) is 1.13. The molecule has 0 aromatic heterocycles. The Bertz CT molecular complexity index is 476. The molecule has 2 rings (SSSR count). The zero-order valence-corrected chi connectivity index (χ0v) is 12.3. The molecule has 2 amide bonds. The van der Waals surface area contributed by atoms with Gasteiger partial charge in [0.1, 0.15) is 0 Å². The van der Waals surface area contributed by atoms with Crippen molar-refractivity contribution < 1.29 is 9.59 Å². The van der Waals surface area contributed by atoms with Crippen LogP contribution in [0.25, 0.3) is 0 Å². The lowest BCUT2D eigenvalue weighted by atomic mass is 10.1. The van der Waals surface area contributed by atoms with E-state index < -0.39 is 0 Å². The number of nitrogens with zero attached hydrogens (tertiary/aromatic N) is 1. The van der Waals surface area contributed by atoms with Crippen LogP contribution in [-0.4, -0.2) is 36.3 Å². The average Bonchev–Trinajstić information content (AvgIpc) is 2.61. The minimum atomic E-state index is -0.0618. The molecule has 1 N–H and O–H groups in total. The molecule has 1 heterocycles. The summed E-state index contributed by atoms with van der Waals surface area (Å²) >= 11 is 3.42. The second-order valence-electron chi connectivity index (χ2n) is 4.65. The first-order valence-electron chi connectivity index (χ1n) is 6.44. The molecule has 0 unspecified atom stereocenters. The number of carbonyl (C=O) groups is 2. The van der Waals surface area contributed by atoms with Crippen LogP contribution in [0.3, 0.4) is 0 Å². The summed E-state index contributed by atoms with van der Waals surface area (Å²) in [6.45, 7) is 1.52. The Morgan fingerprint density at radius 2 is 2.26 bits per heavy atom. The normalized spacial score (nSPS) is 15.8. The first-order valence-corrected chi connectivity index (χ1v) is 7.23. The van der Waals surface area contributed by atoms with Crippen LogP contribution in [0.15, 0.2) is 28.7 Å². The van der Waals surface area contributed by atoms with E-state index in [2.05, 4.69) is 21.2 Å². The minimum Gasteiger partial charge on any atom is -0.354 e. The molecule has 1 aromatic rings. The second-order valence-corrected chi connectivity index (χ2v) is 5.56. The van der Waals surface area contributed by atoms with Gasteiger partial charge in [0.2, 0.25) is 11.8 Å². The van der Waals surface area contributed by atoms with Crippen LogP contribution in [0.1, 0.15) is 18.4 Å². The summed E-state index contributed by atoms with van der Waals surface area (Å²) in [7, 11) is 0. The van der Waals surface area contributed by atoms with Gasteiger partial charge in [0, 0.05) is 24.0 Å². The molecule has 19 heavy (non-hydrogen) atoms. The molecule has 0 radical (unpaired) electrons. The fourth-order valence-corrected chi connectivity index (χ4v) is 2.57. The van der Waals surface area contributed by atoms with Crippen molar-refractivity contribution in [2.24, 2.45) is 0 Å². The first kappa shape index (κ1) is 14.1. The lowest BCUT2D eigenvalue weighted by Gasteiger charge is -2.18. The van der Waals surface area contributed by atoms with Crippen molar-refractivity contribution in [1.29, 1.82) is 0 Å². The molecule has 0 saturated carbocycles. The highest BCUT2D eigenvalue weighted by Gasteiger charge is 2.19. The molecule has 1 fully saturated rings. The highest BCUT2D eigenvalue weighted by Crippen LogP contribution is 2.13. The van der Waals surface area contributed by atoms with Gasteiger partial charge in [-0.15, -0.1) is 0 Å². The number of hydrogen-bond acceptors (Lipinski definition) is 2. The molecule has 102 valence electrons. The third kappa shape index (κ3) is 4.35. The van der Waals surface area contributed by atoms with Gasteiger partial charge < -0.3 is 10.2 Å². The van der Waals surface area contributed by atoms with Gasteiger partial charge in [0.05, 0.1) is 6.54 Å². The van der Waals surface area contributed by atoms with Crippen LogP contribution in [0.4, 0.5) is 0 Å². The molecule has 0 bridgehead atoms. The van der Waals surface area contributed by atoms with Crippen LogP contribution in [0.5, 0.6) is 0 Å². The largest absolute Gasteiger partial charge is 0.354 e. The standard InChI is InChI=1S/C14H17BrN2O2/c15-12-4-1-3-11(9-12)5-6-14(19)17-8-2-7-16-13(18)10-17/h1,3-4,9H,2,5-8,10H2,(H,16,18). The fraction of sp³-hybridized carbons (Fsp3) is 0.429. The van der Waals surface area contributed by atoms with Gasteiger partial charge >= 0.3 is 0 Å². The molecule has 1 aliphatic rings. The number of carbonyl (C=O) groups excluding carboxylic acids is 2. The maximum Gasteiger partial charge on any atom is 0.239 e. The van der Waals surface area contributed by atoms with Gasteiger partial charge in [-0.1, -0.05) is 28.1 Å². The number of rotatable bonds is 3. The minimum absolute atomic E-state index is 0.0528. The Morgan fingerprint density at radius 3 is 3.05 bits per heavy atom. The first-order chi connectivity index (χ1) is 9.15. The number of halogens is 1. The van der Waals surface area contributed by atoms with E-state index in [4.69, 9.17) is 0 Å². The Balaban J connectivity index is 1.88. The van der Waals surface area contributed by atoms with Crippen molar-refractivity contribution in [2.45, 2.75) is 19.3 Å². The SMILES string of the molecule is O=C1CN(C(=O)CCc2cccc(Br)c2)CCCN1. The summed E-state index contributed by atoms with van der Waals surface area (Å²) < 4.78 is 1.02. The Labute approximate surface area is 121 Å². The van der Waals surface area contributed by atoms with Crippen LogP contribution in [0.2, 0.25) is 0 Å². The maximum atomic E-state index is 12.1. The van der Waals surface area contributed by atoms with Crippen molar-refractivity contribution in [3.05, 3.63) is 34.3 Å². The summed E-state index contributed by atoms with van der Waals surface area (Å²) in [6.07, 6.45) is 1.98. The summed E-state index contributed by atoms with van der Waals surface area (Å²) in [4.78, 5) is 25.1. The van der Waals surface area contributed by atoms with E-state index in [1.165, 1.54) is 0 Å². The van der Waals surface area contributed by atoms with E-state index in [-0.39, 0.29) is 18.4 Å². The van der Waals surface area contributed by atoms with Gasteiger partial charge in [-0.25, -0.2) is 0 Å². The Kier molecular flexibility index (Phi) is 4.96. The third-order valence-electron chi connectivity index (χ3n) is 3.13. The zero-order chi connectivity index (χ0) is 13.7. The quantitative estimate of drug-likeness (QED) is 0.920. The van der Waals surface area contributed by atoms with E-state index in [1.807, 2.05) is 24.3 Å². The van der Waals surface area contributed by atoms with Crippen LogP contribution < -0.4 is 5.32 Å². The van der Waals surface area contributed by atoms with E-state index in [0.29, 0.717) is 25.9 Å². The predicted molar refractivity (Wildman–Crippen MR) is 76.7 cm³/mol. The van der Waals surface area contributed by atoms with Crippen LogP contribution in [0, 0.1) is 0 Å². The molecule has 4 nitrogen and oxygen atoms in total. The number of hydrogen-bond donors (Lipinski definition) is 1. The van der Waals surface area contributed by atoms with E-state index in [1.54, 1.807) is 4.90 Å². The molecule has 0 atom stereocenters. The lowest BCUT2D eigenvalue weighted by Crippen LogP contribution is -2.37. The van der Waals surface area contributed by atoms with Gasteiger partial charge in [0.25, 0.3) is 0 Å². The molecular weight excluding hydrogens is 308 g/mol. The number of benzene rings is 1. The summed E-state index contributed by atoms with van der Waals surface area (Å²) in [6, 6.07) is 7.95. The number of aryl methyl sites for hydroxylation is 1. The highest BCUT2D eigenvalue weighted by atomic mass is 79.9. The average molecular weight is 325 g/mol. The highest BCUT2D eigenvalue weighted by molar-refractivity contribution is 9.10. The number of amides is 2.